The molecule has 20 nitrogen and oxygen atoms in total. The van der Waals surface area contributed by atoms with Crippen LogP contribution in [0.1, 0.15) is 39.3 Å². The minimum Gasteiger partial charge on any atom is -0.462 e. The molecule has 23 heteroatoms. The highest BCUT2D eigenvalue weighted by atomic mass is 31.3. The van der Waals surface area contributed by atoms with Crippen molar-refractivity contribution in [3.8, 4) is 0 Å². The average Bonchev–Trinajstić information content (AvgIpc) is 3.38. The number of nitrogen functional groups attached to an aromatic ring is 1. The summed E-state index contributed by atoms with van der Waals surface area (Å²) in [6.45, 7) is 1.46. The van der Waals surface area contributed by atoms with E-state index in [1.54, 1.807) is 6.92 Å². The lowest BCUT2D eigenvalue weighted by Gasteiger charge is -2.20. The van der Waals surface area contributed by atoms with Crippen molar-refractivity contribution in [1.29, 1.82) is 0 Å². The molecule has 1 aliphatic heterocycles. The number of imidazole rings is 1. The number of aliphatic hydroxyl groups is 2. The molecule has 1 fully saturated rings. The van der Waals surface area contributed by atoms with Crippen LogP contribution in [0.2, 0.25) is 0 Å². The van der Waals surface area contributed by atoms with Crippen LogP contribution in [0, 0.1) is 0 Å². The van der Waals surface area contributed by atoms with Crippen molar-refractivity contribution in [2.45, 2.75) is 63.8 Å². The van der Waals surface area contributed by atoms with Gasteiger partial charge >= 0.3 is 29.4 Å². The quantitative estimate of drug-likeness (QED) is 0.113. The molecule has 8 atom stereocenters. The topological polar surface area (TPSA) is 294 Å². The van der Waals surface area contributed by atoms with Crippen LogP contribution in [0.15, 0.2) is 12.7 Å². The molecule has 0 radical (unpaired) electrons. The molecule has 0 aromatic carbocycles. The van der Waals surface area contributed by atoms with Crippen molar-refractivity contribution in [3.63, 3.8) is 0 Å². The molecule has 0 saturated carbocycles. The number of carbonyl (C=O) groups is 1. The number of nitrogens with zero attached hydrogens (tertiary/aromatic N) is 4. The van der Waals surface area contributed by atoms with Gasteiger partial charge < -0.3 is 40.1 Å². The monoisotopic (exact) mass is 649 g/mol. The molecule has 2 aromatic rings. The van der Waals surface area contributed by atoms with Crippen molar-refractivity contribution in [2.24, 2.45) is 0 Å². The Morgan fingerprint density at radius 2 is 1.71 bits per heavy atom. The van der Waals surface area contributed by atoms with Crippen molar-refractivity contribution in [1.82, 2.24) is 19.5 Å². The van der Waals surface area contributed by atoms with Gasteiger partial charge in [-0.05, 0) is 6.42 Å². The molecule has 3 heterocycles. The molecule has 3 rings (SSSR count). The van der Waals surface area contributed by atoms with Gasteiger partial charge in [-0.25, -0.2) is 28.6 Å². The van der Waals surface area contributed by atoms with Gasteiger partial charge in [0.05, 0.1) is 19.5 Å². The zero-order chi connectivity index (χ0) is 30.6. The molecule has 7 N–H and O–H groups in total. The Labute approximate surface area is 232 Å². The summed E-state index contributed by atoms with van der Waals surface area (Å²) < 4.78 is 65.3. The molecule has 2 aromatic heterocycles. The molecule has 0 bridgehead atoms. The van der Waals surface area contributed by atoms with Gasteiger partial charge in [-0.3, -0.25) is 18.4 Å². The first-order valence-corrected chi connectivity index (χ1v) is 16.3. The standard InChI is InChI=1S/C18H30N5O15P3/c1-3-4-11(35-10(2)24)5-6-33-39(27,28)37-41(31,32)38-40(29,30)34-7-12-14(25)15(26)18(36-12)23-9-22-13-16(19)20-8-21-17(13)23/h8-9,11-12,14-15,18,25-26H,3-7H2,1-2H3,(H,27,28)(H,29,30)(H,31,32)(H2,19,20,21)/t11?,12-,14-,15-,18-/m1/s1. The first-order valence-electron chi connectivity index (χ1n) is 11.9. The maximum atomic E-state index is 12.3. The first-order chi connectivity index (χ1) is 19.0. The highest BCUT2D eigenvalue weighted by molar-refractivity contribution is 7.66. The Bertz CT molecular complexity index is 1360. The van der Waals surface area contributed by atoms with Crippen molar-refractivity contribution >= 4 is 46.4 Å². The minimum absolute atomic E-state index is 0.0381. The number of aliphatic hydroxyl groups excluding tert-OH is 2. The van der Waals surface area contributed by atoms with Gasteiger partial charge in [-0.15, -0.1) is 0 Å². The third-order valence-corrected chi connectivity index (χ3v) is 9.74. The number of nitrogens with two attached hydrogens (primary N) is 1. The second-order valence-corrected chi connectivity index (χ2v) is 13.3. The number of esters is 1. The molecular formula is C18H30N5O15P3. The normalized spacial score (nSPS) is 26.2. The number of hydrogen-bond acceptors (Lipinski definition) is 16. The van der Waals surface area contributed by atoms with Gasteiger partial charge in [-0.1, -0.05) is 13.3 Å². The Kier molecular flexibility index (Phi) is 11.2. The summed E-state index contributed by atoms with van der Waals surface area (Å²) in [5.41, 5.74) is 6.05. The Hall–Kier alpha value is -1.89. The Morgan fingerprint density at radius 3 is 2.34 bits per heavy atom. The molecular weight excluding hydrogens is 619 g/mol. The lowest BCUT2D eigenvalue weighted by atomic mass is 10.1. The van der Waals surface area contributed by atoms with E-state index in [0.29, 0.717) is 12.8 Å². The number of rotatable bonds is 15. The summed E-state index contributed by atoms with van der Waals surface area (Å²) in [5, 5.41) is 20.8. The summed E-state index contributed by atoms with van der Waals surface area (Å²) in [7, 11) is -16.6. The molecule has 232 valence electrons. The summed E-state index contributed by atoms with van der Waals surface area (Å²) in [6.07, 6.45) is -3.46. The largest absolute Gasteiger partial charge is 0.490 e. The van der Waals surface area contributed by atoms with Crippen molar-refractivity contribution in [2.75, 3.05) is 18.9 Å². The molecule has 0 spiro atoms. The highest BCUT2D eigenvalue weighted by Gasteiger charge is 2.47. The number of phosphoric acid groups is 3. The molecule has 0 aliphatic carbocycles. The number of fused-ring (bicyclic) bond motifs is 1. The molecule has 0 amide bonds. The van der Waals surface area contributed by atoms with E-state index in [9.17, 15) is 43.4 Å². The van der Waals surface area contributed by atoms with E-state index in [4.69, 9.17) is 15.2 Å². The van der Waals surface area contributed by atoms with Crippen LogP contribution < -0.4 is 5.73 Å². The number of carbonyl (C=O) groups excluding carboxylic acids is 1. The maximum Gasteiger partial charge on any atom is 0.490 e. The zero-order valence-electron chi connectivity index (χ0n) is 21.6. The van der Waals surface area contributed by atoms with Crippen molar-refractivity contribution in [3.05, 3.63) is 12.7 Å². The second-order valence-electron chi connectivity index (χ2n) is 8.64. The van der Waals surface area contributed by atoms with Crippen LogP contribution in [0.3, 0.4) is 0 Å². The summed E-state index contributed by atoms with van der Waals surface area (Å²) in [4.78, 5) is 52.2. The molecule has 1 saturated heterocycles. The van der Waals surface area contributed by atoms with Crippen LogP contribution in [-0.2, 0) is 45.6 Å². The number of anilines is 1. The fourth-order valence-electron chi connectivity index (χ4n) is 3.76. The van der Waals surface area contributed by atoms with E-state index in [1.165, 1.54) is 17.8 Å². The van der Waals surface area contributed by atoms with Gasteiger partial charge in [0, 0.05) is 13.3 Å². The lowest BCUT2D eigenvalue weighted by Crippen LogP contribution is -2.33. The number of phosphoric ester groups is 2. The molecule has 41 heavy (non-hydrogen) atoms. The number of ether oxygens (including phenoxy) is 2. The number of aromatic nitrogens is 4. The average molecular weight is 649 g/mol. The van der Waals surface area contributed by atoms with Crippen LogP contribution in [-0.4, -0.2) is 88.0 Å². The Balaban J connectivity index is 1.55. The predicted molar refractivity (Wildman–Crippen MR) is 134 cm³/mol. The van der Waals surface area contributed by atoms with Crippen LogP contribution in [0.5, 0.6) is 0 Å². The molecule has 1 aliphatic rings. The summed E-state index contributed by atoms with van der Waals surface area (Å²) >= 11 is 0. The van der Waals surface area contributed by atoms with Gasteiger partial charge in [0.15, 0.2) is 17.7 Å². The smallest absolute Gasteiger partial charge is 0.462 e. The van der Waals surface area contributed by atoms with E-state index in [2.05, 4.69) is 32.6 Å². The maximum absolute atomic E-state index is 12.3. The van der Waals surface area contributed by atoms with E-state index in [-0.39, 0.29) is 23.4 Å². The lowest BCUT2D eigenvalue weighted by molar-refractivity contribution is -0.147. The van der Waals surface area contributed by atoms with Gasteiger partial charge in [-0.2, -0.15) is 8.62 Å². The fourth-order valence-corrected chi connectivity index (χ4v) is 7.28. The summed E-state index contributed by atoms with van der Waals surface area (Å²) in [5.74, 6) is -0.550. The van der Waals surface area contributed by atoms with E-state index in [1.807, 2.05) is 0 Å². The highest BCUT2D eigenvalue weighted by Crippen LogP contribution is 2.67. The Morgan fingerprint density at radius 1 is 1.05 bits per heavy atom. The zero-order valence-corrected chi connectivity index (χ0v) is 24.3. The van der Waals surface area contributed by atoms with Crippen LogP contribution in [0.25, 0.3) is 11.2 Å². The van der Waals surface area contributed by atoms with Crippen molar-refractivity contribution < 1.29 is 70.5 Å². The predicted octanol–water partition coefficient (Wildman–Crippen LogP) is 0.517. The van der Waals surface area contributed by atoms with Crippen LogP contribution in [0.4, 0.5) is 5.82 Å². The summed E-state index contributed by atoms with van der Waals surface area (Å²) in [6, 6.07) is 0. The molecule has 4 unspecified atom stereocenters. The third kappa shape index (κ3) is 9.30. The first kappa shape index (κ1) is 33.6. The SMILES string of the molecule is CCCC(CCOP(=O)(O)OP(=O)(O)OP(=O)(O)OC[C@H]1O[C@@H](n2cnc3c(N)ncnc32)[C@H](O)[C@@H]1O)OC(C)=O. The second kappa shape index (κ2) is 13.6. The van der Waals surface area contributed by atoms with Gasteiger partial charge in [0.25, 0.3) is 0 Å². The van der Waals surface area contributed by atoms with Crippen LogP contribution >= 0.6 is 23.5 Å². The van der Waals surface area contributed by atoms with Gasteiger partial charge in [0.2, 0.25) is 0 Å². The third-order valence-electron chi connectivity index (χ3n) is 5.45. The van der Waals surface area contributed by atoms with Gasteiger partial charge in [0.1, 0.15) is 36.3 Å². The van der Waals surface area contributed by atoms with E-state index in [0.717, 1.165) is 6.33 Å². The van der Waals surface area contributed by atoms with E-state index < -0.39 is 73.3 Å². The fraction of sp³-hybridized carbons (Fsp3) is 0.667. The van der Waals surface area contributed by atoms with E-state index >= 15 is 0 Å². The number of hydrogen-bond donors (Lipinski definition) is 6. The minimum atomic E-state index is -5.76.